The molecular weight excluding hydrogens is 363 g/mol. The molecule has 2 saturated heterocycles. The molecule has 1 aromatic carbocycles. The van der Waals surface area contributed by atoms with Crippen LogP contribution < -0.4 is 5.73 Å². The molecule has 148 valence electrons. The Balaban J connectivity index is 1.58. The summed E-state index contributed by atoms with van der Waals surface area (Å²) in [6.07, 6.45) is -3.71. The van der Waals surface area contributed by atoms with E-state index >= 15 is 0 Å². The monoisotopic (exact) mass is 385 g/mol. The summed E-state index contributed by atoms with van der Waals surface area (Å²) in [6.45, 7) is 1.58. The van der Waals surface area contributed by atoms with Crippen LogP contribution in [0.25, 0.3) is 0 Å². The van der Waals surface area contributed by atoms with Crippen molar-refractivity contribution in [1.82, 2.24) is 9.80 Å². The molecule has 0 unspecified atom stereocenters. The van der Waals surface area contributed by atoms with Crippen molar-refractivity contribution in [1.29, 1.82) is 0 Å². The average molecular weight is 385 g/mol. The fraction of sp³-hybridized carbons (Fsp3) is 0.556. The van der Waals surface area contributed by atoms with E-state index in [2.05, 4.69) is 0 Å². The molecule has 0 spiro atoms. The Morgan fingerprint density at radius 1 is 1.11 bits per heavy atom. The van der Waals surface area contributed by atoms with Gasteiger partial charge in [-0.05, 0) is 31.0 Å². The van der Waals surface area contributed by atoms with Crippen LogP contribution in [0, 0.1) is 0 Å². The van der Waals surface area contributed by atoms with Crippen molar-refractivity contribution in [2.45, 2.75) is 31.2 Å². The van der Waals surface area contributed by atoms with Crippen molar-refractivity contribution >= 4 is 11.8 Å². The SMILES string of the molecule is NC[C@H]1CC[C@@H](C(=O)N2CCN(C(=O)c3cccc(C(F)(F)F)c3)CC2)O1. The summed E-state index contributed by atoms with van der Waals surface area (Å²) in [5, 5.41) is 0. The van der Waals surface area contributed by atoms with Crippen LogP contribution in [-0.2, 0) is 15.7 Å². The number of halogens is 3. The Hall–Kier alpha value is -2.13. The minimum atomic E-state index is -4.50. The second-order valence-electron chi connectivity index (χ2n) is 6.76. The van der Waals surface area contributed by atoms with Crippen LogP contribution in [0.3, 0.4) is 0 Å². The smallest absolute Gasteiger partial charge is 0.364 e. The summed E-state index contributed by atoms with van der Waals surface area (Å²) in [5.74, 6) is -0.578. The lowest BCUT2D eigenvalue weighted by Crippen LogP contribution is -2.53. The van der Waals surface area contributed by atoms with Gasteiger partial charge >= 0.3 is 6.18 Å². The fourth-order valence-corrected chi connectivity index (χ4v) is 3.41. The number of nitrogens with zero attached hydrogens (tertiary/aromatic N) is 2. The molecule has 2 heterocycles. The number of hydrogen-bond donors (Lipinski definition) is 1. The Bertz CT molecular complexity index is 703. The summed E-state index contributed by atoms with van der Waals surface area (Å²) in [4.78, 5) is 28.1. The predicted octanol–water partition coefficient (Wildman–Crippen LogP) is 1.50. The number of piperazine rings is 1. The molecule has 27 heavy (non-hydrogen) atoms. The number of benzene rings is 1. The Kier molecular flexibility index (Phi) is 5.71. The fourth-order valence-electron chi connectivity index (χ4n) is 3.41. The number of rotatable bonds is 3. The van der Waals surface area contributed by atoms with Gasteiger partial charge in [0.15, 0.2) is 0 Å². The van der Waals surface area contributed by atoms with Crippen LogP contribution in [0.4, 0.5) is 13.2 Å². The Labute approximate surface area is 155 Å². The third-order valence-corrected chi connectivity index (χ3v) is 4.96. The number of nitrogens with two attached hydrogens (primary N) is 1. The lowest BCUT2D eigenvalue weighted by atomic mass is 10.1. The van der Waals surface area contributed by atoms with Gasteiger partial charge in [-0.15, -0.1) is 0 Å². The second kappa shape index (κ2) is 7.85. The first-order chi connectivity index (χ1) is 12.8. The molecule has 2 atom stereocenters. The Morgan fingerprint density at radius 3 is 2.37 bits per heavy atom. The first-order valence-electron chi connectivity index (χ1n) is 8.90. The highest BCUT2D eigenvalue weighted by atomic mass is 19.4. The number of alkyl halides is 3. The van der Waals surface area contributed by atoms with E-state index in [0.29, 0.717) is 26.1 Å². The lowest BCUT2D eigenvalue weighted by molar-refractivity contribution is -0.144. The van der Waals surface area contributed by atoms with Gasteiger partial charge in [0, 0.05) is 38.3 Å². The van der Waals surface area contributed by atoms with Crippen LogP contribution in [0.1, 0.15) is 28.8 Å². The highest BCUT2D eigenvalue weighted by Crippen LogP contribution is 2.30. The molecule has 0 aliphatic carbocycles. The maximum atomic E-state index is 12.8. The molecule has 0 radical (unpaired) electrons. The third kappa shape index (κ3) is 4.41. The van der Waals surface area contributed by atoms with Gasteiger partial charge < -0.3 is 20.3 Å². The maximum absolute atomic E-state index is 12.8. The van der Waals surface area contributed by atoms with E-state index in [1.54, 1.807) is 4.90 Å². The normalized spacial score (nSPS) is 23.6. The molecule has 9 heteroatoms. The molecular formula is C18H22F3N3O3. The maximum Gasteiger partial charge on any atom is 0.416 e. The average Bonchev–Trinajstić information content (AvgIpc) is 3.16. The lowest BCUT2D eigenvalue weighted by Gasteiger charge is -2.36. The zero-order valence-electron chi connectivity index (χ0n) is 14.7. The van der Waals surface area contributed by atoms with Crippen molar-refractivity contribution < 1.29 is 27.5 Å². The zero-order valence-corrected chi connectivity index (χ0v) is 14.7. The molecule has 2 fully saturated rings. The van der Waals surface area contributed by atoms with Crippen LogP contribution >= 0.6 is 0 Å². The molecule has 0 saturated carbocycles. The third-order valence-electron chi connectivity index (χ3n) is 4.96. The van der Waals surface area contributed by atoms with Crippen molar-refractivity contribution in [2.75, 3.05) is 32.7 Å². The molecule has 6 nitrogen and oxygen atoms in total. The summed E-state index contributed by atoms with van der Waals surface area (Å²) in [6, 6.07) is 4.39. The van der Waals surface area contributed by atoms with Gasteiger partial charge in [0.25, 0.3) is 11.8 Å². The van der Waals surface area contributed by atoms with Crippen LogP contribution in [0.15, 0.2) is 24.3 Å². The van der Waals surface area contributed by atoms with Crippen molar-refractivity contribution in [3.05, 3.63) is 35.4 Å². The van der Waals surface area contributed by atoms with Gasteiger partial charge in [-0.3, -0.25) is 9.59 Å². The zero-order chi connectivity index (χ0) is 19.6. The van der Waals surface area contributed by atoms with Crippen LogP contribution in [0.2, 0.25) is 0 Å². The molecule has 2 aliphatic rings. The molecule has 0 bridgehead atoms. The van der Waals surface area contributed by atoms with E-state index in [1.165, 1.54) is 17.0 Å². The Morgan fingerprint density at radius 2 is 1.78 bits per heavy atom. The quantitative estimate of drug-likeness (QED) is 0.856. The molecule has 0 aromatic heterocycles. The molecule has 3 rings (SSSR count). The number of carbonyl (C=O) groups excluding carboxylic acids is 2. The van der Waals surface area contributed by atoms with Crippen molar-refractivity contribution in [2.24, 2.45) is 5.73 Å². The summed E-state index contributed by atoms with van der Waals surface area (Å²) < 4.78 is 44.1. The van der Waals surface area contributed by atoms with Gasteiger partial charge in [-0.2, -0.15) is 13.2 Å². The largest absolute Gasteiger partial charge is 0.416 e. The summed E-state index contributed by atoms with van der Waals surface area (Å²) in [5.41, 5.74) is 4.70. The molecule has 2 amide bonds. The summed E-state index contributed by atoms with van der Waals surface area (Å²) in [7, 11) is 0. The number of carbonyl (C=O) groups is 2. The molecule has 1 aromatic rings. The first kappa shape index (κ1) is 19.6. The van der Waals surface area contributed by atoms with E-state index in [9.17, 15) is 22.8 Å². The molecule has 2 aliphatic heterocycles. The van der Waals surface area contributed by atoms with Gasteiger partial charge in [0.1, 0.15) is 6.10 Å². The minimum absolute atomic E-state index is 0.00508. The van der Waals surface area contributed by atoms with E-state index in [-0.39, 0.29) is 30.7 Å². The van der Waals surface area contributed by atoms with E-state index < -0.39 is 23.8 Å². The predicted molar refractivity (Wildman–Crippen MR) is 90.9 cm³/mol. The first-order valence-corrected chi connectivity index (χ1v) is 8.90. The topological polar surface area (TPSA) is 75.9 Å². The second-order valence-corrected chi connectivity index (χ2v) is 6.76. The van der Waals surface area contributed by atoms with E-state index in [4.69, 9.17) is 10.5 Å². The number of ether oxygens (including phenoxy) is 1. The van der Waals surface area contributed by atoms with Crippen LogP contribution in [0.5, 0.6) is 0 Å². The molecule has 2 N–H and O–H groups in total. The van der Waals surface area contributed by atoms with E-state index in [1.807, 2.05) is 0 Å². The highest BCUT2D eigenvalue weighted by Gasteiger charge is 2.35. The van der Waals surface area contributed by atoms with Crippen LogP contribution in [-0.4, -0.2) is 66.5 Å². The van der Waals surface area contributed by atoms with E-state index in [0.717, 1.165) is 18.6 Å². The number of hydrogen-bond acceptors (Lipinski definition) is 4. The standard InChI is InChI=1S/C18H22F3N3O3/c19-18(20,21)13-3-1-2-12(10-13)16(25)23-6-8-24(9-7-23)17(26)15-5-4-14(11-22)27-15/h1-3,10,14-15H,4-9,11,22H2/t14-,15+/m1/s1. The summed E-state index contributed by atoms with van der Waals surface area (Å²) >= 11 is 0. The number of amides is 2. The van der Waals surface area contributed by atoms with Gasteiger partial charge in [0.2, 0.25) is 0 Å². The van der Waals surface area contributed by atoms with Gasteiger partial charge in [-0.25, -0.2) is 0 Å². The van der Waals surface area contributed by atoms with Crippen molar-refractivity contribution in [3.63, 3.8) is 0 Å². The minimum Gasteiger partial charge on any atom is -0.364 e. The van der Waals surface area contributed by atoms with Gasteiger partial charge in [0.05, 0.1) is 11.7 Å². The van der Waals surface area contributed by atoms with Crippen molar-refractivity contribution in [3.8, 4) is 0 Å². The highest BCUT2D eigenvalue weighted by molar-refractivity contribution is 5.94. The van der Waals surface area contributed by atoms with Gasteiger partial charge in [-0.1, -0.05) is 6.07 Å².